The summed E-state index contributed by atoms with van der Waals surface area (Å²) in [6.07, 6.45) is 3.17. The molecule has 2 aliphatic carbocycles. The van der Waals surface area contributed by atoms with Crippen LogP contribution < -0.4 is 18.9 Å². The number of piperidine rings is 1. The molecule has 6 nitrogen and oxygen atoms in total. The van der Waals surface area contributed by atoms with E-state index in [1.807, 2.05) is 6.07 Å². The van der Waals surface area contributed by atoms with Gasteiger partial charge >= 0.3 is 0 Å². The summed E-state index contributed by atoms with van der Waals surface area (Å²) in [7, 11) is 3.42. The van der Waals surface area contributed by atoms with Crippen LogP contribution in [0.15, 0.2) is 24.3 Å². The number of hydrogen-bond acceptors (Lipinski definition) is 6. The highest BCUT2D eigenvalue weighted by atomic mass is 16.7. The van der Waals surface area contributed by atoms with Gasteiger partial charge in [0.15, 0.2) is 23.0 Å². The predicted octanol–water partition coefficient (Wildman–Crippen LogP) is 3.71. The van der Waals surface area contributed by atoms with Crippen molar-refractivity contribution in [3.8, 4) is 23.0 Å². The Hall–Kier alpha value is -2.73. The smallest absolute Gasteiger partial charge is 0.231 e. The van der Waals surface area contributed by atoms with Crippen LogP contribution in [0, 0.1) is 5.92 Å². The van der Waals surface area contributed by atoms with E-state index in [9.17, 15) is 4.79 Å². The Labute approximate surface area is 181 Å². The van der Waals surface area contributed by atoms with Gasteiger partial charge in [-0.25, -0.2) is 0 Å². The average Bonchev–Trinajstić information content (AvgIpc) is 3.23. The number of benzene rings is 2. The summed E-state index contributed by atoms with van der Waals surface area (Å²) >= 11 is 0. The lowest BCUT2D eigenvalue weighted by Crippen LogP contribution is -2.66. The lowest BCUT2D eigenvalue weighted by atomic mass is 9.50. The molecule has 8 rings (SSSR count). The fourth-order valence-electron chi connectivity index (χ4n) is 7.45. The number of ether oxygens (including phenoxy) is 4. The van der Waals surface area contributed by atoms with E-state index in [-0.39, 0.29) is 24.3 Å². The lowest BCUT2D eigenvalue weighted by molar-refractivity contribution is -0.145. The molecule has 0 radical (unpaired) electrons. The van der Waals surface area contributed by atoms with Gasteiger partial charge in [0.2, 0.25) is 6.79 Å². The molecule has 0 unspecified atom stereocenters. The van der Waals surface area contributed by atoms with Crippen molar-refractivity contribution in [2.45, 2.75) is 43.2 Å². The minimum Gasteiger partial charge on any atom is -0.493 e. The summed E-state index contributed by atoms with van der Waals surface area (Å²) in [4.78, 5) is 15.7. The number of fused-ring (bicyclic) bond motifs is 2. The second kappa shape index (κ2) is 5.94. The normalized spacial score (nSPS) is 31.7. The zero-order valence-electron chi connectivity index (χ0n) is 17.8. The number of Topliss-reactive ketones (excluding diaryl/α,β-unsaturated/α-hetero) is 1. The second-order valence-corrected chi connectivity index (χ2v) is 9.44. The van der Waals surface area contributed by atoms with E-state index in [1.165, 1.54) is 22.3 Å². The molecule has 1 saturated carbocycles. The highest BCUT2D eigenvalue weighted by Crippen LogP contribution is 2.69. The van der Waals surface area contributed by atoms with Crippen LogP contribution in [0.3, 0.4) is 0 Å². The van der Waals surface area contributed by atoms with E-state index in [0.717, 1.165) is 42.4 Å². The molecular weight excluding hydrogens is 394 g/mol. The van der Waals surface area contributed by atoms with E-state index in [2.05, 4.69) is 23.1 Å². The molecule has 2 aromatic rings. The zero-order valence-corrected chi connectivity index (χ0v) is 17.8. The molecule has 1 saturated heterocycles. The first-order valence-corrected chi connectivity index (χ1v) is 11.1. The van der Waals surface area contributed by atoms with E-state index >= 15 is 0 Å². The molecule has 0 amide bonds. The maximum atomic E-state index is 13.1. The fourth-order valence-corrected chi connectivity index (χ4v) is 7.45. The summed E-state index contributed by atoms with van der Waals surface area (Å²) in [5.41, 5.74) is 4.83. The molecule has 2 fully saturated rings. The minimum atomic E-state index is -0.315. The predicted molar refractivity (Wildman–Crippen MR) is 112 cm³/mol. The van der Waals surface area contributed by atoms with Gasteiger partial charge in [-0.3, -0.25) is 9.69 Å². The molecule has 6 heteroatoms. The third kappa shape index (κ3) is 2.05. The van der Waals surface area contributed by atoms with Gasteiger partial charge < -0.3 is 18.9 Å². The Morgan fingerprint density at radius 2 is 1.97 bits per heavy atom. The van der Waals surface area contributed by atoms with Crippen molar-refractivity contribution in [1.29, 1.82) is 0 Å². The van der Waals surface area contributed by atoms with Crippen LogP contribution in [0.5, 0.6) is 23.0 Å². The van der Waals surface area contributed by atoms with Gasteiger partial charge in [0.25, 0.3) is 0 Å². The van der Waals surface area contributed by atoms with Gasteiger partial charge in [0.05, 0.1) is 19.8 Å². The van der Waals surface area contributed by atoms with Gasteiger partial charge in [-0.1, -0.05) is 6.07 Å². The largest absolute Gasteiger partial charge is 0.493 e. The maximum absolute atomic E-state index is 13.1. The zero-order chi connectivity index (χ0) is 20.9. The maximum Gasteiger partial charge on any atom is 0.231 e. The standard InChI is InChI=1S/C25H25NO5/c1-28-19-4-3-16-22(24(19)29-2)18-8-14-7-15(27)11-25(23(14)16)17-10-21-20(30-12-31-21)9-13(17)5-6-26(18)25/h3-4,9-10,14,18,23H,5-8,11-12H2,1-2H3/t14-,18+,23-,25+/m1/s1. The van der Waals surface area contributed by atoms with Gasteiger partial charge in [0, 0.05) is 36.9 Å². The van der Waals surface area contributed by atoms with Crippen LogP contribution in [0.2, 0.25) is 0 Å². The molecule has 6 aliphatic rings. The first kappa shape index (κ1) is 17.9. The molecule has 4 aliphatic heterocycles. The molecule has 4 bridgehead atoms. The summed E-state index contributed by atoms with van der Waals surface area (Å²) < 4.78 is 22.9. The average molecular weight is 419 g/mol. The number of methoxy groups -OCH3 is 2. The van der Waals surface area contributed by atoms with Crippen LogP contribution in [-0.2, 0) is 16.8 Å². The number of carbonyl (C=O) groups excluding carboxylic acids is 1. The van der Waals surface area contributed by atoms with Crippen molar-refractivity contribution in [3.05, 3.63) is 46.5 Å². The lowest BCUT2D eigenvalue weighted by Gasteiger charge is -2.66. The monoisotopic (exact) mass is 419 g/mol. The molecule has 31 heavy (non-hydrogen) atoms. The highest BCUT2D eigenvalue weighted by Gasteiger charge is 2.64. The summed E-state index contributed by atoms with van der Waals surface area (Å²) in [5, 5.41) is 0. The minimum absolute atomic E-state index is 0.224. The van der Waals surface area contributed by atoms with Crippen molar-refractivity contribution in [2.75, 3.05) is 27.6 Å². The molecular formula is C25H25NO5. The number of nitrogens with zero attached hydrogens (tertiary/aromatic N) is 1. The van der Waals surface area contributed by atoms with Crippen molar-refractivity contribution in [3.63, 3.8) is 0 Å². The number of hydrogen-bond donors (Lipinski definition) is 0. The van der Waals surface area contributed by atoms with Crippen molar-refractivity contribution in [1.82, 2.24) is 4.90 Å². The van der Waals surface area contributed by atoms with E-state index in [0.29, 0.717) is 24.5 Å². The Morgan fingerprint density at radius 3 is 2.77 bits per heavy atom. The number of carbonyl (C=O) groups is 1. The van der Waals surface area contributed by atoms with Crippen molar-refractivity contribution >= 4 is 5.78 Å². The number of ketones is 1. The van der Waals surface area contributed by atoms with Gasteiger partial charge in [-0.2, -0.15) is 0 Å². The van der Waals surface area contributed by atoms with Crippen LogP contribution in [0.1, 0.15) is 53.5 Å². The van der Waals surface area contributed by atoms with Gasteiger partial charge in [-0.05, 0) is 53.6 Å². The van der Waals surface area contributed by atoms with Crippen LogP contribution in [0.25, 0.3) is 0 Å². The third-order valence-corrected chi connectivity index (χ3v) is 8.33. The first-order valence-electron chi connectivity index (χ1n) is 11.1. The summed E-state index contributed by atoms with van der Waals surface area (Å²) in [5.74, 6) is 4.25. The fraction of sp³-hybridized carbons (Fsp3) is 0.480. The molecule has 1 spiro atoms. The van der Waals surface area contributed by atoms with Crippen LogP contribution >= 0.6 is 0 Å². The Bertz CT molecular complexity index is 1140. The quantitative estimate of drug-likeness (QED) is 0.740. The molecule has 0 N–H and O–H groups in total. The second-order valence-electron chi connectivity index (χ2n) is 9.44. The van der Waals surface area contributed by atoms with Crippen molar-refractivity contribution < 1.29 is 23.7 Å². The van der Waals surface area contributed by atoms with Crippen molar-refractivity contribution in [2.24, 2.45) is 5.92 Å². The molecule has 0 aromatic heterocycles. The molecule has 160 valence electrons. The van der Waals surface area contributed by atoms with E-state index in [4.69, 9.17) is 18.9 Å². The molecule has 4 heterocycles. The topological polar surface area (TPSA) is 57.2 Å². The van der Waals surface area contributed by atoms with Crippen LogP contribution in [0.4, 0.5) is 0 Å². The Balaban J connectivity index is 1.52. The first-order chi connectivity index (χ1) is 15.2. The summed E-state index contributed by atoms with van der Waals surface area (Å²) in [6, 6.07) is 8.79. The van der Waals surface area contributed by atoms with Gasteiger partial charge in [-0.15, -0.1) is 0 Å². The number of rotatable bonds is 2. The van der Waals surface area contributed by atoms with E-state index < -0.39 is 0 Å². The SMILES string of the molecule is COc1ccc2c(c1OC)[C@@H]1C[C@H]3CC(=O)C[C@]4(c5cc6c(cc5CCN14)OCO6)[C@@H]23. The van der Waals surface area contributed by atoms with Gasteiger partial charge in [0.1, 0.15) is 5.78 Å². The molecule has 4 atom stereocenters. The Kier molecular flexibility index (Phi) is 3.43. The third-order valence-electron chi connectivity index (χ3n) is 8.33. The van der Waals surface area contributed by atoms with Crippen LogP contribution in [-0.4, -0.2) is 38.2 Å². The molecule has 2 aromatic carbocycles. The Morgan fingerprint density at radius 1 is 1.13 bits per heavy atom. The van der Waals surface area contributed by atoms with E-state index in [1.54, 1.807) is 14.2 Å². The highest BCUT2D eigenvalue weighted by molar-refractivity contribution is 5.83. The summed E-state index contributed by atoms with van der Waals surface area (Å²) in [6.45, 7) is 1.19.